The summed E-state index contributed by atoms with van der Waals surface area (Å²) in [5.41, 5.74) is 13.9. The van der Waals surface area contributed by atoms with E-state index in [2.05, 4.69) is 87.3 Å². The van der Waals surface area contributed by atoms with Crippen LogP contribution in [0.1, 0.15) is 195 Å². The van der Waals surface area contributed by atoms with E-state index in [9.17, 15) is 28.8 Å². The number of rotatable bonds is 19. The lowest BCUT2D eigenvalue weighted by Crippen LogP contribution is -2.55. The van der Waals surface area contributed by atoms with Crippen LogP contribution in [-0.2, 0) is 66.1 Å². The van der Waals surface area contributed by atoms with Gasteiger partial charge in [0.05, 0.1) is 49.6 Å². The Hall–Kier alpha value is -9.14. The van der Waals surface area contributed by atoms with E-state index in [1.807, 2.05) is 55.1 Å². The van der Waals surface area contributed by atoms with E-state index in [1.54, 1.807) is 36.4 Å². The predicted octanol–water partition coefficient (Wildman–Crippen LogP) is 15.6. The first-order valence-electron chi connectivity index (χ1n) is 36.5. The average molecular weight is 1370 g/mol. The number of anilines is 2. The largest absolute Gasteiger partial charge is 0.466 e. The van der Waals surface area contributed by atoms with Gasteiger partial charge >= 0.3 is 11.9 Å². The van der Waals surface area contributed by atoms with Gasteiger partial charge < -0.3 is 54.2 Å². The fraction of sp³-hybridized carbons (Fsp3) is 0.450. The molecule has 0 radical (unpaired) electrons. The van der Waals surface area contributed by atoms with Crippen molar-refractivity contribution in [1.82, 2.24) is 39.3 Å². The summed E-state index contributed by atoms with van der Waals surface area (Å²) in [5, 5.41) is 14.9. The van der Waals surface area contributed by atoms with Gasteiger partial charge in [-0.25, -0.2) is 19.6 Å². The van der Waals surface area contributed by atoms with Crippen molar-refractivity contribution < 1.29 is 43.0 Å². The SMILES string of the molecule is COC(=O)/C=C/c1ccc(NC(=O)C2(NC(=O)c3ccc4c(C5CCCCC5)c5n(c4c3)CCCc3[nH]cnc3-5)CCCC2)cc1.COC(=O)/C=C/c1ccc(NC(=O)C2(NC(=O)c3ccc4c(C5CCCCC5)c5n(c4c3)CCCc3ncn(COCC[Si](C)(C)C)c3-5)CCCC2)cc1. The molecule has 19 nitrogen and oxygen atoms in total. The molecule has 4 aliphatic carbocycles. The van der Waals surface area contributed by atoms with Gasteiger partial charge in [-0.3, -0.25) is 19.2 Å². The topological polar surface area (TPSA) is 235 Å². The van der Waals surface area contributed by atoms with Crippen LogP contribution >= 0.6 is 0 Å². The van der Waals surface area contributed by atoms with Gasteiger partial charge in [-0.05, 0) is 178 Å². The van der Waals surface area contributed by atoms with Gasteiger partial charge in [0, 0.05) is 89.9 Å². The minimum atomic E-state index is -1.21. The van der Waals surface area contributed by atoms with Crippen molar-refractivity contribution in [2.75, 3.05) is 31.5 Å². The van der Waals surface area contributed by atoms with Gasteiger partial charge in [0.15, 0.2) is 0 Å². The third kappa shape index (κ3) is 15.0. The molecule has 0 bridgehead atoms. The zero-order valence-corrected chi connectivity index (χ0v) is 59.7. The van der Waals surface area contributed by atoms with E-state index in [1.165, 1.54) is 117 Å². The molecule has 6 aliphatic rings. The van der Waals surface area contributed by atoms with Crippen molar-refractivity contribution in [1.29, 1.82) is 0 Å². The van der Waals surface area contributed by atoms with E-state index in [0.29, 0.717) is 66.8 Å². The van der Waals surface area contributed by atoms with Crippen LogP contribution < -0.4 is 21.3 Å². The first-order valence-corrected chi connectivity index (χ1v) is 40.2. The summed E-state index contributed by atoms with van der Waals surface area (Å²) in [6.07, 6.45) is 31.6. The quantitative estimate of drug-likeness (QED) is 0.0221. The lowest BCUT2D eigenvalue weighted by Gasteiger charge is -2.29. The van der Waals surface area contributed by atoms with Crippen molar-refractivity contribution in [2.24, 2.45) is 0 Å². The summed E-state index contributed by atoms with van der Waals surface area (Å²) in [7, 11) is 1.45. The van der Waals surface area contributed by atoms with E-state index in [0.717, 1.165) is 129 Å². The molecular weight excluding hydrogens is 1270 g/mol. The monoisotopic (exact) mass is 1370 g/mol. The van der Waals surface area contributed by atoms with Gasteiger partial charge in [0.2, 0.25) is 11.8 Å². The summed E-state index contributed by atoms with van der Waals surface area (Å²) >= 11 is 0. The lowest BCUT2D eigenvalue weighted by atomic mass is 9.82. The van der Waals surface area contributed by atoms with E-state index >= 15 is 0 Å². The fourth-order valence-electron chi connectivity index (χ4n) is 16.3. The Labute approximate surface area is 586 Å². The zero-order valence-electron chi connectivity index (χ0n) is 58.7. The smallest absolute Gasteiger partial charge is 0.330 e. The molecule has 4 aromatic carbocycles. The van der Waals surface area contributed by atoms with Crippen molar-refractivity contribution in [3.05, 3.63) is 155 Å². The maximum Gasteiger partial charge on any atom is 0.330 e. The number of esters is 2. The number of aromatic amines is 1. The summed E-state index contributed by atoms with van der Waals surface area (Å²) < 4.78 is 22.7. The maximum absolute atomic E-state index is 14.2. The first-order chi connectivity index (χ1) is 48.5. The highest BCUT2D eigenvalue weighted by molar-refractivity contribution is 6.76. The number of aryl methyl sites for hydroxylation is 4. The van der Waals surface area contributed by atoms with Crippen LogP contribution in [-0.4, -0.2) is 104 Å². The molecule has 524 valence electrons. The summed E-state index contributed by atoms with van der Waals surface area (Å²) in [6.45, 7) is 10.1. The average Bonchev–Trinajstić information content (AvgIpc) is 1.57. The van der Waals surface area contributed by atoms with Crippen LogP contribution in [0.3, 0.4) is 0 Å². The molecule has 8 aromatic rings. The predicted molar refractivity (Wildman–Crippen MR) is 395 cm³/mol. The highest BCUT2D eigenvalue weighted by Gasteiger charge is 2.45. The third-order valence-corrected chi connectivity index (χ3v) is 23.4. The third-order valence-electron chi connectivity index (χ3n) is 21.7. The zero-order chi connectivity index (χ0) is 69.5. The number of amides is 4. The number of methoxy groups -OCH3 is 2. The molecule has 2 aliphatic heterocycles. The summed E-state index contributed by atoms with van der Waals surface area (Å²) in [5.74, 6) is -0.818. The number of nitrogens with one attached hydrogen (secondary N) is 5. The van der Waals surface area contributed by atoms with Crippen LogP contribution in [0.15, 0.2) is 110 Å². The second-order valence-electron chi connectivity index (χ2n) is 29.6. The number of H-pyrrole nitrogens is 1. The molecule has 5 N–H and O–H groups in total. The standard InChI is InChI=1S/C43H55N5O5Si.C37H41N5O4/c1-52-37(49)21-16-30-14-18-33(19-15-30)45-42(51)43(22-8-9-23-43)46-41(50)32-17-20-34-36(27-32)48-24-10-13-35-39(40(48)38(34)31-11-6-5-7-12-31)47(28-44-35)29-53-25-26-54(2,3)4;1-46-31(43)18-13-24-11-15-27(16-12-24)40-36(45)37(19-5-6-20-37)41-35(44)26-14-17-28-30(22-26)42-21-7-10-29-33(39-23-38-29)34(42)32(28)25-8-3-2-4-9-25/h14-21,27-28,31H,5-13,22-26,29H2,1-4H3,(H,45,51)(H,46,50);11-18,22-23,25H,2-10,19-21H2,1H3,(H,38,39)(H,40,45)(H,41,44)/b21-16+;18-13+. The van der Waals surface area contributed by atoms with Gasteiger partial charge in [-0.1, -0.05) is 120 Å². The molecule has 6 heterocycles. The summed E-state index contributed by atoms with van der Waals surface area (Å²) in [6, 6.07) is 27.8. The fourth-order valence-corrected chi connectivity index (χ4v) is 17.1. The number of aromatic nitrogens is 6. The normalized spacial score (nSPS) is 17.5. The Balaban J connectivity index is 0.000000181. The second-order valence-corrected chi connectivity index (χ2v) is 35.2. The van der Waals surface area contributed by atoms with Crippen molar-refractivity contribution in [3.63, 3.8) is 0 Å². The Morgan fingerprint density at radius 3 is 1.54 bits per heavy atom. The molecule has 0 unspecified atom stereocenters. The van der Waals surface area contributed by atoms with E-state index in [4.69, 9.17) is 14.7 Å². The van der Waals surface area contributed by atoms with E-state index < -0.39 is 31.1 Å². The number of carbonyl (C=O) groups is 6. The number of fused-ring (bicyclic) bond motifs is 10. The Morgan fingerprint density at radius 2 is 1.05 bits per heavy atom. The van der Waals surface area contributed by atoms with Gasteiger partial charge in [-0.2, -0.15) is 0 Å². The second kappa shape index (κ2) is 30.4. The number of hydrogen-bond acceptors (Lipinski definition) is 11. The van der Waals surface area contributed by atoms with Gasteiger partial charge in [0.25, 0.3) is 11.8 Å². The molecule has 4 aromatic heterocycles. The molecule has 0 spiro atoms. The lowest BCUT2D eigenvalue weighted by molar-refractivity contribution is -0.135. The first kappa shape index (κ1) is 69.3. The van der Waals surface area contributed by atoms with Crippen molar-refractivity contribution in [3.8, 4) is 22.8 Å². The van der Waals surface area contributed by atoms with Crippen molar-refractivity contribution >= 4 is 89.0 Å². The molecule has 20 heteroatoms. The molecular formula is C80H96N10O9Si. The number of nitrogens with zero attached hydrogens (tertiary/aromatic N) is 5. The number of carbonyl (C=O) groups excluding carboxylic acids is 6. The van der Waals surface area contributed by atoms with E-state index in [-0.39, 0.29) is 23.6 Å². The Morgan fingerprint density at radius 1 is 0.570 bits per heavy atom. The van der Waals surface area contributed by atoms with Crippen LogP contribution in [0.4, 0.5) is 11.4 Å². The van der Waals surface area contributed by atoms with Crippen LogP contribution in [0.2, 0.25) is 25.7 Å². The van der Waals surface area contributed by atoms with Crippen LogP contribution in [0.5, 0.6) is 0 Å². The Bertz CT molecular complexity index is 4390. The minimum Gasteiger partial charge on any atom is -0.466 e. The number of ether oxygens (including phenoxy) is 3. The molecule has 4 amide bonds. The van der Waals surface area contributed by atoms with Gasteiger partial charge in [-0.15, -0.1) is 0 Å². The van der Waals surface area contributed by atoms with Gasteiger partial charge in [0.1, 0.15) is 23.5 Å². The molecule has 4 saturated carbocycles. The molecule has 100 heavy (non-hydrogen) atoms. The molecule has 4 fully saturated rings. The number of hydrogen-bond donors (Lipinski definition) is 5. The van der Waals surface area contributed by atoms with Crippen molar-refractivity contribution in [2.45, 2.75) is 210 Å². The minimum absolute atomic E-state index is 0.209. The summed E-state index contributed by atoms with van der Waals surface area (Å²) in [4.78, 5) is 91.8. The number of benzene rings is 4. The molecule has 14 rings (SSSR count). The Kier molecular flexibility index (Phi) is 21.1. The molecule has 0 saturated heterocycles. The van der Waals surface area contributed by atoms with Crippen LogP contribution in [0.25, 0.3) is 56.7 Å². The number of imidazole rings is 2. The maximum atomic E-state index is 14.2. The van der Waals surface area contributed by atoms with Crippen LogP contribution in [0, 0.1) is 0 Å². The molecule has 0 atom stereocenters. The highest BCUT2D eigenvalue weighted by Crippen LogP contribution is 2.48. The highest BCUT2D eigenvalue weighted by atomic mass is 28.3.